The zero-order valence-corrected chi connectivity index (χ0v) is 13.8. The van der Waals surface area contributed by atoms with Gasteiger partial charge in [0.15, 0.2) is 0 Å². The molecule has 0 saturated heterocycles. The van der Waals surface area contributed by atoms with Crippen LogP contribution in [0.25, 0.3) is 0 Å². The van der Waals surface area contributed by atoms with Crippen molar-refractivity contribution in [2.24, 2.45) is 0 Å². The van der Waals surface area contributed by atoms with Crippen LogP contribution in [-0.2, 0) is 12.8 Å². The fourth-order valence-electron chi connectivity index (χ4n) is 1.91. The Balaban J connectivity index is 2.39. The predicted octanol–water partition coefficient (Wildman–Crippen LogP) is 3.71. The summed E-state index contributed by atoms with van der Waals surface area (Å²) in [5.74, 6) is -0.00700. The maximum Gasteiger partial charge on any atom is 0.264 e. The number of aromatic nitrogens is 2. The van der Waals surface area contributed by atoms with Crippen molar-refractivity contribution in [2.75, 3.05) is 0 Å². The van der Waals surface area contributed by atoms with Crippen molar-refractivity contribution in [3.63, 3.8) is 0 Å². The molecule has 6 heteroatoms. The van der Waals surface area contributed by atoms with E-state index in [1.54, 1.807) is 12.1 Å². The molecule has 2 rings (SSSR count). The molecule has 0 aliphatic carbocycles. The Morgan fingerprint density at radius 3 is 2.90 bits per heavy atom. The molecule has 1 aromatic carbocycles. The smallest absolute Gasteiger partial charge is 0.264 e. The fraction of sp³-hybridized carbons (Fsp3) is 0.286. The zero-order valence-electron chi connectivity index (χ0n) is 10.8. The number of hydrogen-bond acceptors (Lipinski definition) is 2. The van der Waals surface area contributed by atoms with Crippen LogP contribution in [0.2, 0.25) is 5.02 Å². The summed E-state index contributed by atoms with van der Waals surface area (Å²) in [4.78, 5) is 19.0. The SMILES string of the molecule is CCCc1nc(Cc2cccc(Cl)c2F)[nH]c(=O)c1I. The van der Waals surface area contributed by atoms with Gasteiger partial charge in [0, 0.05) is 6.42 Å². The van der Waals surface area contributed by atoms with Gasteiger partial charge in [-0.1, -0.05) is 37.1 Å². The molecule has 1 heterocycles. The molecule has 0 atom stereocenters. The molecule has 20 heavy (non-hydrogen) atoms. The largest absolute Gasteiger partial charge is 0.309 e. The molecule has 2 aromatic rings. The van der Waals surface area contributed by atoms with Crippen LogP contribution < -0.4 is 5.56 Å². The monoisotopic (exact) mass is 406 g/mol. The maximum absolute atomic E-state index is 13.9. The van der Waals surface area contributed by atoms with E-state index in [1.165, 1.54) is 6.07 Å². The lowest BCUT2D eigenvalue weighted by Crippen LogP contribution is -2.18. The number of H-pyrrole nitrogens is 1. The Bertz CT molecular complexity index is 687. The lowest BCUT2D eigenvalue weighted by Gasteiger charge is -2.07. The Morgan fingerprint density at radius 2 is 2.20 bits per heavy atom. The van der Waals surface area contributed by atoms with Crippen LogP contribution in [0, 0.1) is 9.39 Å². The molecule has 0 aliphatic heterocycles. The normalized spacial score (nSPS) is 10.8. The molecule has 0 spiro atoms. The van der Waals surface area contributed by atoms with Gasteiger partial charge in [0.25, 0.3) is 5.56 Å². The molecule has 1 aromatic heterocycles. The summed E-state index contributed by atoms with van der Waals surface area (Å²) in [7, 11) is 0. The molecule has 106 valence electrons. The molecule has 0 bridgehead atoms. The third-order valence-electron chi connectivity index (χ3n) is 2.86. The van der Waals surface area contributed by atoms with Crippen LogP contribution >= 0.6 is 34.2 Å². The van der Waals surface area contributed by atoms with Crippen molar-refractivity contribution in [3.05, 3.63) is 60.0 Å². The van der Waals surface area contributed by atoms with Crippen LogP contribution in [0.5, 0.6) is 0 Å². The van der Waals surface area contributed by atoms with Crippen LogP contribution in [0.15, 0.2) is 23.0 Å². The second kappa shape index (κ2) is 6.67. The number of benzene rings is 1. The number of rotatable bonds is 4. The third-order valence-corrected chi connectivity index (χ3v) is 4.26. The van der Waals surface area contributed by atoms with E-state index >= 15 is 0 Å². The summed E-state index contributed by atoms with van der Waals surface area (Å²) in [6, 6.07) is 4.81. The number of halogens is 3. The first kappa shape index (κ1) is 15.4. The predicted molar refractivity (Wildman–Crippen MR) is 85.8 cm³/mol. The topological polar surface area (TPSA) is 45.8 Å². The molecule has 0 amide bonds. The molecule has 0 saturated carbocycles. The van der Waals surface area contributed by atoms with Gasteiger partial charge in [0.05, 0.1) is 14.3 Å². The number of hydrogen-bond donors (Lipinski definition) is 1. The van der Waals surface area contributed by atoms with E-state index in [0.29, 0.717) is 15.0 Å². The van der Waals surface area contributed by atoms with E-state index in [9.17, 15) is 9.18 Å². The highest BCUT2D eigenvalue weighted by Gasteiger charge is 2.12. The number of aromatic amines is 1. The lowest BCUT2D eigenvalue weighted by atomic mass is 10.1. The van der Waals surface area contributed by atoms with E-state index in [-0.39, 0.29) is 17.0 Å². The zero-order chi connectivity index (χ0) is 14.7. The highest BCUT2D eigenvalue weighted by Crippen LogP contribution is 2.19. The Morgan fingerprint density at radius 1 is 1.45 bits per heavy atom. The van der Waals surface area contributed by atoms with Gasteiger partial charge in [-0.15, -0.1) is 0 Å². The van der Waals surface area contributed by atoms with E-state index in [2.05, 4.69) is 9.97 Å². The minimum absolute atomic E-state index is 0.0733. The Kier molecular flexibility index (Phi) is 5.15. The first-order valence-electron chi connectivity index (χ1n) is 6.23. The van der Waals surface area contributed by atoms with Crippen molar-refractivity contribution in [3.8, 4) is 0 Å². The second-order valence-corrected chi connectivity index (χ2v) is 5.90. The minimum atomic E-state index is -0.465. The highest BCUT2D eigenvalue weighted by molar-refractivity contribution is 14.1. The summed E-state index contributed by atoms with van der Waals surface area (Å²) in [5.41, 5.74) is 1.00. The minimum Gasteiger partial charge on any atom is -0.309 e. The summed E-state index contributed by atoms with van der Waals surface area (Å²) in [6.07, 6.45) is 1.85. The van der Waals surface area contributed by atoms with Crippen molar-refractivity contribution in [1.29, 1.82) is 0 Å². The van der Waals surface area contributed by atoms with Gasteiger partial charge in [-0.3, -0.25) is 4.79 Å². The summed E-state index contributed by atoms with van der Waals surface area (Å²) >= 11 is 7.74. The van der Waals surface area contributed by atoms with Gasteiger partial charge < -0.3 is 4.98 Å². The van der Waals surface area contributed by atoms with Crippen molar-refractivity contribution >= 4 is 34.2 Å². The van der Waals surface area contributed by atoms with Gasteiger partial charge in [-0.25, -0.2) is 9.37 Å². The van der Waals surface area contributed by atoms with E-state index < -0.39 is 5.82 Å². The van der Waals surface area contributed by atoms with Gasteiger partial charge in [-0.05, 0) is 40.6 Å². The maximum atomic E-state index is 13.9. The Hall–Kier alpha value is -0.950. The molecule has 0 fully saturated rings. The second-order valence-electron chi connectivity index (χ2n) is 4.41. The van der Waals surface area contributed by atoms with Gasteiger partial charge in [-0.2, -0.15) is 0 Å². The fourth-order valence-corrected chi connectivity index (χ4v) is 2.63. The average molecular weight is 407 g/mol. The standard InChI is InChI=1S/C14H13ClFIN2O/c1-2-4-10-13(17)14(20)19-11(18-10)7-8-5-3-6-9(15)12(8)16/h3,5-6H,2,4,7H2,1H3,(H,18,19,20). The molecule has 1 N–H and O–H groups in total. The van der Waals surface area contributed by atoms with Crippen LogP contribution in [0.4, 0.5) is 4.39 Å². The molecule has 0 radical (unpaired) electrons. The average Bonchev–Trinajstić information content (AvgIpc) is 2.41. The summed E-state index contributed by atoms with van der Waals surface area (Å²) in [6.45, 7) is 2.02. The van der Waals surface area contributed by atoms with Crippen LogP contribution in [0.1, 0.15) is 30.4 Å². The van der Waals surface area contributed by atoms with Gasteiger partial charge >= 0.3 is 0 Å². The van der Waals surface area contributed by atoms with Crippen LogP contribution in [-0.4, -0.2) is 9.97 Å². The number of nitrogens with zero attached hydrogens (tertiary/aromatic N) is 1. The quantitative estimate of drug-likeness (QED) is 0.787. The molecule has 0 unspecified atom stereocenters. The highest BCUT2D eigenvalue weighted by atomic mass is 127. The lowest BCUT2D eigenvalue weighted by molar-refractivity contribution is 0.612. The molecular formula is C14H13ClFIN2O. The van der Waals surface area contributed by atoms with Crippen LogP contribution in [0.3, 0.4) is 0 Å². The third kappa shape index (κ3) is 3.38. The number of aryl methyl sites for hydroxylation is 1. The van der Waals surface area contributed by atoms with E-state index in [0.717, 1.165) is 18.5 Å². The Labute approximate surface area is 134 Å². The van der Waals surface area contributed by atoms with Crippen molar-refractivity contribution in [1.82, 2.24) is 9.97 Å². The summed E-state index contributed by atoms with van der Waals surface area (Å²) in [5, 5.41) is 0.0733. The van der Waals surface area contributed by atoms with Gasteiger partial charge in [0.2, 0.25) is 0 Å². The van der Waals surface area contributed by atoms with Crippen molar-refractivity contribution in [2.45, 2.75) is 26.2 Å². The number of nitrogens with one attached hydrogen (secondary N) is 1. The first-order valence-corrected chi connectivity index (χ1v) is 7.69. The molecule has 3 nitrogen and oxygen atoms in total. The molecular weight excluding hydrogens is 394 g/mol. The molecule has 0 aliphatic rings. The van der Waals surface area contributed by atoms with E-state index in [1.807, 2.05) is 29.5 Å². The first-order chi connectivity index (χ1) is 9.52. The van der Waals surface area contributed by atoms with Crippen molar-refractivity contribution < 1.29 is 4.39 Å². The summed E-state index contributed by atoms with van der Waals surface area (Å²) < 4.78 is 14.5. The van der Waals surface area contributed by atoms with Gasteiger partial charge in [0.1, 0.15) is 11.6 Å². The van der Waals surface area contributed by atoms with E-state index in [4.69, 9.17) is 11.6 Å².